The Morgan fingerprint density at radius 3 is 2.76 bits per heavy atom. The lowest BCUT2D eigenvalue weighted by molar-refractivity contribution is -0.137. The van der Waals surface area contributed by atoms with Crippen molar-refractivity contribution in [2.45, 2.75) is 39.0 Å². The van der Waals surface area contributed by atoms with Crippen LogP contribution in [0.5, 0.6) is 0 Å². The molecule has 0 spiro atoms. The Bertz CT molecular complexity index is 480. The second-order valence-corrected chi connectivity index (χ2v) is 5.39. The molecule has 21 heavy (non-hydrogen) atoms. The van der Waals surface area contributed by atoms with Gasteiger partial charge in [0, 0.05) is 25.4 Å². The molecule has 0 bridgehead atoms. The van der Waals surface area contributed by atoms with Crippen LogP contribution in [0, 0.1) is 5.92 Å². The van der Waals surface area contributed by atoms with Gasteiger partial charge in [-0.3, -0.25) is 14.6 Å². The van der Waals surface area contributed by atoms with Crippen LogP contribution in [0.3, 0.4) is 0 Å². The number of carbonyl (C=O) groups excluding carboxylic acids is 1. The Morgan fingerprint density at radius 2 is 2.14 bits per heavy atom. The third kappa shape index (κ3) is 6.58. The number of aromatic nitrogens is 1. The normalized spacial score (nSPS) is 11.9. The number of nitrogens with one attached hydrogen (secondary N) is 1. The summed E-state index contributed by atoms with van der Waals surface area (Å²) in [6.07, 6.45) is 6.53. The van der Waals surface area contributed by atoms with Gasteiger partial charge in [0.1, 0.15) is 0 Å². The van der Waals surface area contributed by atoms with Crippen LogP contribution < -0.4 is 5.32 Å². The molecule has 2 N–H and O–H groups in total. The van der Waals surface area contributed by atoms with Crippen molar-refractivity contribution >= 4 is 23.5 Å². The van der Waals surface area contributed by atoms with Gasteiger partial charge in [0.2, 0.25) is 0 Å². The Hall–Kier alpha value is -1.62. The third-order valence-electron chi connectivity index (χ3n) is 3.31. The highest BCUT2D eigenvalue weighted by atomic mass is 35.5. The predicted molar refractivity (Wildman–Crippen MR) is 81.5 cm³/mol. The van der Waals surface area contributed by atoms with Crippen LogP contribution >= 0.6 is 11.6 Å². The average molecular weight is 313 g/mol. The van der Waals surface area contributed by atoms with E-state index in [0.29, 0.717) is 29.5 Å². The molecule has 116 valence electrons. The van der Waals surface area contributed by atoms with Crippen molar-refractivity contribution in [1.29, 1.82) is 0 Å². The minimum Gasteiger partial charge on any atom is -0.481 e. The van der Waals surface area contributed by atoms with Crippen molar-refractivity contribution in [3.05, 3.63) is 29.0 Å². The van der Waals surface area contributed by atoms with E-state index < -0.39 is 5.97 Å². The third-order valence-corrected chi connectivity index (χ3v) is 3.64. The summed E-state index contributed by atoms with van der Waals surface area (Å²) in [5.41, 5.74) is 0.358. The Balaban J connectivity index is 2.41. The maximum absolute atomic E-state index is 11.9. The summed E-state index contributed by atoms with van der Waals surface area (Å²) in [6.45, 7) is 2.58. The van der Waals surface area contributed by atoms with E-state index in [1.54, 1.807) is 6.07 Å². The number of pyridine rings is 1. The summed E-state index contributed by atoms with van der Waals surface area (Å²) in [7, 11) is 0. The van der Waals surface area contributed by atoms with Crippen LogP contribution in [0.25, 0.3) is 0 Å². The topological polar surface area (TPSA) is 79.3 Å². The van der Waals surface area contributed by atoms with E-state index in [-0.39, 0.29) is 12.3 Å². The Morgan fingerprint density at radius 1 is 1.38 bits per heavy atom. The smallest absolute Gasteiger partial charge is 0.303 e. The number of carboxylic acid groups (broad SMARTS) is 1. The van der Waals surface area contributed by atoms with Crippen molar-refractivity contribution in [1.82, 2.24) is 10.3 Å². The van der Waals surface area contributed by atoms with Crippen LogP contribution in [0.15, 0.2) is 18.5 Å². The number of carboxylic acids is 1. The van der Waals surface area contributed by atoms with Crippen LogP contribution in [-0.2, 0) is 4.79 Å². The first kappa shape index (κ1) is 17.4. The maximum Gasteiger partial charge on any atom is 0.303 e. The second kappa shape index (κ2) is 9.34. The van der Waals surface area contributed by atoms with Crippen molar-refractivity contribution in [2.75, 3.05) is 6.54 Å². The molecular formula is C15H21ClN2O3. The minimum atomic E-state index is -0.776. The van der Waals surface area contributed by atoms with Gasteiger partial charge in [-0.05, 0) is 24.8 Å². The predicted octanol–water partition coefficient (Wildman–Crippen LogP) is 3.14. The van der Waals surface area contributed by atoms with E-state index in [1.165, 1.54) is 12.4 Å². The van der Waals surface area contributed by atoms with E-state index in [4.69, 9.17) is 16.7 Å². The number of amides is 1. The molecule has 0 fully saturated rings. The van der Waals surface area contributed by atoms with Crippen LogP contribution in [0.2, 0.25) is 5.02 Å². The molecule has 1 unspecified atom stereocenters. The first-order valence-corrected chi connectivity index (χ1v) is 7.51. The van der Waals surface area contributed by atoms with Crippen LogP contribution in [0.1, 0.15) is 49.4 Å². The fourth-order valence-corrected chi connectivity index (χ4v) is 2.39. The van der Waals surface area contributed by atoms with Crippen LogP contribution in [-0.4, -0.2) is 28.5 Å². The molecule has 1 aromatic heterocycles. The lowest BCUT2D eigenvalue weighted by Gasteiger charge is -2.15. The SMILES string of the molecule is CCCC(CCNC(=O)c1cnccc1Cl)CCC(=O)O. The van der Waals surface area contributed by atoms with E-state index in [0.717, 1.165) is 19.3 Å². The summed E-state index contributed by atoms with van der Waals surface area (Å²) < 4.78 is 0. The van der Waals surface area contributed by atoms with Gasteiger partial charge < -0.3 is 10.4 Å². The summed E-state index contributed by atoms with van der Waals surface area (Å²) >= 11 is 5.93. The maximum atomic E-state index is 11.9. The van der Waals surface area contributed by atoms with Crippen molar-refractivity contribution in [2.24, 2.45) is 5.92 Å². The van der Waals surface area contributed by atoms with E-state index in [1.807, 2.05) is 0 Å². The molecule has 0 aliphatic rings. The molecule has 0 saturated heterocycles. The number of hydrogen-bond donors (Lipinski definition) is 2. The highest BCUT2D eigenvalue weighted by molar-refractivity contribution is 6.33. The molecule has 0 aliphatic heterocycles. The molecule has 0 aromatic carbocycles. The fraction of sp³-hybridized carbons (Fsp3) is 0.533. The van der Waals surface area contributed by atoms with E-state index in [9.17, 15) is 9.59 Å². The van der Waals surface area contributed by atoms with E-state index >= 15 is 0 Å². The largest absolute Gasteiger partial charge is 0.481 e. The average Bonchev–Trinajstić information content (AvgIpc) is 2.45. The first-order valence-electron chi connectivity index (χ1n) is 7.14. The van der Waals surface area contributed by atoms with Gasteiger partial charge in [-0.15, -0.1) is 0 Å². The highest BCUT2D eigenvalue weighted by Gasteiger charge is 2.13. The molecule has 1 atom stereocenters. The monoisotopic (exact) mass is 312 g/mol. The minimum absolute atomic E-state index is 0.174. The quantitative estimate of drug-likeness (QED) is 0.734. The van der Waals surface area contributed by atoms with Gasteiger partial charge in [-0.25, -0.2) is 0 Å². The summed E-state index contributed by atoms with van der Waals surface area (Å²) in [4.78, 5) is 26.4. The zero-order chi connectivity index (χ0) is 15.7. The molecule has 0 aliphatic carbocycles. The molecule has 1 aromatic rings. The van der Waals surface area contributed by atoms with Gasteiger partial charge in [-0.1, -0.05) is 31.4 Å². The standard InChI is InChI=1S/C15H21ClN2O3/c1-2-3-11(4-5-14(19)20)6-9-18-15(21)12-10-17-8-7-13(12)16/h7-8,10-11H,2-6,9H2,1H3,(H,18,21)(H,19,20). The molecule has 6 heteroatoms. The summed E-state index contributed by atoms with van der Waals surface area (Å²) in [5.74, 6) is -0.709. The van der Waals surface area contributed by atoms with Gasteiger partial charge in [0.05, 0.1) is 10.6 Å². The number of carbonyl (C=O) groups is 2. The molecule has 0 saturated carbocycles. The van der Waals surface area contributed by atoms with Gasteiger partial charge in [-0.2, -0.15) is 0 Å². The number of rotatable bonds is 9. The fourth-order valence-electron chi connectivity index (χ4n) is 2.20. The van der Waals surface area contributed by atoms with Gasteiger partial charge in [0.15, 0.2) is 0 Å². The molecule has 5 nitrogen and oxygen atoms in total. The lowest BCUT2D eigenvalue weighted by Crippen LogP contribution is -2.26. The highest BCUT2D eigenvalue weighted by Crippen LogP contribution is 2.17. The zero-order valence-corrected chi connectivity index (χ0v) is 12.9. The Kier molecular flexibility index (Phi) is 7.75. The van der Waals surface area contributed by atoms with Crippen molar-refractivity contribution < 1.29 is 14.7 Å². The number of aliphatic carboxylic acids is 1. The van der Waals surface area contributed by atoms with E-state index in [2.05, 4.69) is 17.2 Å². The molecular weight excluding hydrogens is 292 g/mol. The number of hydrogen-bond acceptors (Lipinski definition) is 3. The lowest BCUT2D eigenvalue weighted by atomic mass is 9.94. The molecule has 1 rings (SSSR count). The van der Waals surface area contributed by atoms with Gasteiger partial charge in [0.25, 0.3) is 5.91 Å². The van der Waals surface area contributed by atoms with Crippen molar-refractivity contribution in [3.63, 3.8) is 0 Å². The van der Waals surface area contributed by atoms with Crippen molar-refractivity contribution in [3.8, 4) is 0 Å². The number of halogens is 1. The summed E-state index contributed by atoms with van der Waals surface area (Å²) in [5, 5.41) is 11.9. The summed E-state index contributed by atoms with van der Waals surface area (Å²) in [6, 6.07) is 1.57. The van der Waals surface area contributed by atoms with Gasteiger partial charge >= 0.3 is 5.97 Å². The molecule has 0 radical (unpaired) electrons. The zero-order valence-electron chi connectivity index (χ0n) is 12.1. The molecule has 1 amide bonds. The number of nitrogens with zero attached hydrogens (tertiary/aromatic N) is 1. The second-order valence-electron chi connectivity index (χ2n) is 4.99. The molecule has 1 heterocycles. The van der Waals surface area contributed by atoms with Crippen LogP contribution in [0.4, 0.5) is 0 Å². The Labute approximate surface area is 129 Å². The first-order chi connectivity index (χ1) is 10.0.